The predicted molar refractivity (Wildman–Crippen MR) is 194 cm³/mol. The van der Waals surface area contributed by atoms with Gasteiger partial charge in [-0.05, 0) is 51.2 Å². The maximum absolute atomic E-state index is 5.12. The molecule has 0 aliphatic carbocycles. The van der Waals surface area contributed by atoms with E-state index in [0.29, 0.717) is 17.5 Å². The van der Waals surface area contributed by atoms with Gasteiger partial charge in [-0.15, -0.1) is 0 Å². The summed E-state index contributed by atoms with van der Waals surface area (Å²) in [6.45, 7) is 0. The molecule has 0 unspecified atom stereocenters. The van der Waals surface area contributed by atoms with E-state index in [-0.39, 0.29) is 0 Å². The second kappa shape index (κ2) is 10.1. The Hall–Kier alpha value is -6.39. The molecule has 10 aromatic rings. The molecular formula is C43H26N4. The van der Waals surface area contributed by atoms with Crippen LogP contribution in [-0.4, -0.2) is 19.5 Å². The van der Waals surface area contributed by atoms with Crippen LogP contribution >= 0.6 is 0 Å². The molecule has 10 rings (SSSR count). The lowest BCUT2D eigenvalue weighted by molar-refractivity contribution is 1.06. The van der Waals surface area contributed by atoms with Crippen LogP contribution in [0.3, 0.4) is 0 Å². The summed E-state index contributed by atoms with van der Waals surface area (Å²) in [6.07, 6.45) is 0. The molecule has 0 radical (unpaired) electrons. The third-order valence-corrected chi connectivity index (χ3v) is 9.36. The summed E-state index contributed by atoms with van der Waals surface area (Å²) in [7, 11) is 0. The first-order valence-electron chi connectivity index (χ1n) is 15.9. The first-order chi connectivity index (χ1) is 23.3. The maximum atomic E-state index is 5.12. The van der Waals surface area contributed by atoms with E-state index in [9.17, 15) is 0 Å². The summed E-state index contributed by atoms with van der Waals surface area (Å²) in [5.41, 5.74) is 6.20. The van der Waals surface area contributed by atoms with Crippen molar-refractivity contribution in [3.8, 4) is 39.9 Å². The molecule has 0 saturated carbocycles. The number of para-hydroxylation sites is 2. The van der Waals surface area contributed by atoms with Gasteiger partial charge in [0.2, 0.25) is 0 Å². The molecule has 8 aromatic carbocycles. The molecule has 2 heterocycles. The Balaban J connectivity index is 1.32. The topological polar surface area (TPSA) is 43.6 Å². The van der Waals surface area contributed by atoms with Crippen LogP contribution < -0.4 is 0 Å². The van der Waals surface area contributed by atoms with Crippen molar-refractivity contribution in [2.24, 2.45) is 0 Å². The molecule has 0 atom stereocenters. The van der Waals surface area contributed by atoms with Gasteiger partial charge in [-0.2, -0.15) is 0 Å². The van der Waals surface area contributed by atoms with E-state index in [1.807, 2.05) is 60.7 Å². The third-order valence-electron chi connectivity index (χ3n) is 9.36. The van der Waals surface area contributed by atoms with Crippen LogP contribution in [0, 0.1) is 0 Å². The molecule has 0 aliphatic rings. The highest BCUT2D eigenvalue weighted by Gasteiger charge is 2.22. The van der Waals surface area contributed by atoms with E-state index in [4.69, 9.17) is 15.0 Å². The summed E-state index contributed by atoms with van der Waals surface area (Å²) < 4.78 is 2.42. The fourth-order valence-electron chi connectivity index (χ4n) is 7.30. The zero-order valence-electron chi connectivity index (χ0n) is 25.3. The minimum absolute atomic E-state index is 0.636. The fourth-order valence-corrected chi connectivity index (χ4v) is 7.30. The molecule has 4 nitrogen and oxygen atoms in total. The zero-order valence-corrected chi connectivity index (χ0v) is 25.3. The van der Waals surface area contributed by atoms with E-state index in [1.165, 1.54) is 48.6 Å². The van der Waals surface area contributed by atoms with Crippen molar-refractivity contribution in [1.29, 1.82) is 0 Å². The second-order valence-corrected chi connectivity index (χ2v) is 12.0. The van der Waals surface area contributed by atoms with Gasteiger partial charge in [0.15, 0.2) is 17.5 Å². The highest BCUT2D eigenvalue weighted by atomic mass is 15.1. The van der Waals surface area contributed by atoms with Gasteiger partial charge in [-0.3, -0.25) is 0 Å². The van der Waals surface area contributed by atoms with Crippen molar-refractivity contribution in [3.63, 3.8) is 0 Å². The molecule has 0 bridgehead atoms. The second-order valence-electron chi connectivity index (χ2n) is 12.0. The van der Waals surface area contributed by atoms with Crippen LogP contribution in [0.25, 0.3) is 94.0 Å². The average Bonchev–Trinajstić information content (AvgIpc) is 3.48. The lowest BCUT2D eigenvalue weighted by atomic mass is 9.92. The number of hydrogen-bond donors (Lipinski definition) is 0. The minimum atomic E-state index is 0.636. The number of benzene rings is 8. The SMILES string of the molecule is c1ccc(-c2nc(-c3ccccc3)nc(-c3ccccc3-n3c4ccccc4c4cc5ccc6cccc7ccc(c5c67)c43)n2)cc1. The van der Waals surface area contributed by atoms with Gasteiger partial charge in [0.1, 0.15) is 0 Å². The highest BCUT2D eigenvalue weighted by Crippen LogP contribution is 2.44. The Labute approximate surface area is 270 Å². The molecule has 0 spiro atoms. The fraction of sp³-hybridized carbons (Fsp3) is 0. The molecule has 0 N–H and O–H groups in total. The van der Waals surface area contributed by atoms with Crippen molar-refractivity contribution in [3.05, 3.63) is 158 Å². The number of fused-ring (bicyclic) bond motifs is 4. The third kappa shape index (κ3) is 3.92. The standard InChI is InChI=1S/C43H26N4/c1-3-12-29(13-4-1)41-44-42(30-14-5-2-6-15-30)46-43(45-41)33-19-8-10-21-37(33)47-36-20-9-7-18-32(36)35-26-31-23-22-27-16-11-17-28-24-25-34(40(35)47)39(31)38(27)28/h1-26H. The molecule has 2 aromatic heterocycles. The average molecular weight is 599 g/mol. The Kier molecular flexibility index (Phi) is 5.54. The van der Waals surface area contributed by atoms with Crippen molar-refractivity contribution >= 4 is 54.1 Å². The van der Waals surface area contributed by atoms with Gasteiger partial charge in [0.05, 0.1) is 16.7 Å². The van der Waals surface area contributed by atoms with Gasteiger partial charge in [0.25, 0.3) is 0 Å². The van der Waals surface area contributed by atoms with Gasteiger partial charge in [-0.1, -0.05) is 133 Å². The number of aromatic nitrogens is 4. The molecule has 47 heavy (non-hydrogen) atoms. The predicted octanol–water partition coefficient (Wildman–Crippen LogP) is 10.9. The van der Waals surface area contributed by atoms with Gasteiger partial charge >= 0.3 is 0 Å². The van der Waals surface area contributed by atoms with Crippen LogP contribution in [0.1, 0.15) is 0 Å². The molecule has 0 amide bonds. The van der Waals surface area contributed by atoms with E-state index in [2.05, 4.69) is 102 Å². The van der Waals surface area contributed by atoms with Crippen LogP contribution in [0.4, 0.5) is 0 Å². The van der Waals surface area contributed by atoms with Crippen molar-refractivity contribution in [2.45, 2.75) is 0 Å². The highest BCUT2D eigenvalue weighted by molar-refractivity contribution is 6.31. The van der Waals surface area contributed by atoms with Crippen LogP contribution in [0.15, 0.2) is 158 Å². The Bertz CT molecular complexity index is 2710. The molecule has 218 valence electrons. The molecular weight excluding hydrogens is 573 g/mol. The van der Waals surface area contributed by atoms with E-state index in [0.717, 1.165) is 27.9 Å². The molecule has 0 saturated heterocycles. The molecule has 0 aliphatic heterocycles. The van der Waals surface area contributed by atoms with Crippen molar-refractivity contribution in [1.82, 2.24) is 19.5 Å². The number of rotatable bonds is 4. The van der Waals surface area contributed by atoms with Crippen molar-refractivity contribution in [2.75, 3.05) is 0 Å². The first-order valence-corrected chi connectivity index (χ1v) is 15.9. The summed E-state index contributed by atoms with van der Waals surface area (Å²) in [6, 6.07) is 55.5. The van der Waals surface area contributed by atoms with E-state index >= 15 is 0 Å². The Morgan fingerprint density at radius 3 is 1.72 bits per heavy atom. The summed E-state index contributed by atoms with van der Waals surface area (Å²) in [4.78, 5) is 15.2. The smallest absolute Gasteiger partial charge is 0.166 e. The quantitative estimate of drug-likeness (QED) is 0.189. The van der Waals surface area contributed by atoms with E-state index in [1.54, 1.807) is 0 Å². The van der Waals surface area contributed by atoms with Gasteiger partial charge in [-0.25, -0.2) is 15.0 Å². The molecule has 4 heteroatoms. The largest absolute Gasteiger partial charge is 0.308 e. The Morgan fingerprint density at radius 2 is 0.979 bits per heavy atom. The minimum Gasteiger partial charge on any atom is -0.308 e. The summed E-state index contributed by atoms with van der Waals surface area (Å²) in [5, 5.41) is 10.1. The first kappa shape index (κ1) is 25.9. The normalized spacial score (nSPS) is 11.8. The monoisotopic (exact) mass is 598 g/mol. The van der Waals surface area contributed by atoms with Crippen LogP contribution in [-0.2, 0) is 0 Å². The van der Waals surface area contributed by atoms with Gasteiger partial charge < -0.3 is 4.57 Å². The summed E-state index contributed by atoms with van der Waals surface area (Å²) >= 11 is 0. The lowest BCUT2D eigenvalue weighted by Crippen LogP contribution is -2.03. The number of nitrogens with zero attached hydrogens (tertiary/aromatic N) is 4. The molecule has 0 fully saturated rings. The lowest BCUT2D eigenvalue weighted by Gasteiger charge is -2.16. The summed E-state index contributed by atoms with van der Waals surface area (Å²) in [5.74, 6) is 1.93. The van der Waals surface area contributed by atoms with Gasteiger partial charge in [0, 0.05) is 32.8 Å². The van der Waals surface area contributed by atoms with E-state index < -0.39 is 0 Å². The Morgan fingerprint density at radius 1 is 0.383 bits per heavy atom. The van der Waals surface area contributed by atoms with Crippen LogP contribution in [0.2, 0.25) is 0 Å². The number of hydrogen-bond acceptors (Lipinski definition) is 3. The van der Waals surface area contributed by atoms with Crippen LogP contribution in [0.5, 0.6) is 0 Å². The maximum Gasteiger partial charge on any atom is 0.166 e. The van der Waals surface area contributed by atoms with Crippen molar-refractivity contribution < 1.29 is 0 Å². The zero-order chi connectivity index (χ0) is 30.9.